The maximum atomic E-state index is 12.1. The lowest BCUT2D eigenvalue weighted by Gasteiger charge is -2.28. The highest BCUT2D eigenvalue weighted by molar-refractivity contribution is 6.33. The van der Waals surface area contributed by atoms with E-state index < -0.39 is 0 Å². The number of aromatic nitrogens is 2. The van der Waals surface area contributed by atoms with Gasteiger partial charge in [0.05, 0.1) is 12.2 Å². The second-order valence-electron chi connectivity index (χ2n) is 7.76. The summed E-state index contributed by atoms with van der Waals surface area (Å²) in [4.78, 5) is 23.2. The number of hydrogen-bond donors (Lipinski definition) is 2. The smallest absolute Gasteiger partial charge is 0.254 e. The maximum Gasteiger partial charge on any atom is 0.254 e. The molecule has 0 bridgehead atoms. The minimum atomic E-state index is -0.258. The third kappa shape index (κ3) is 5.50. The quantitative estimate of drug-likeness (QED) is 0.516. The number of nitrogens with one attached hydrogen (secondary N) is 2. The molecule has 2 radical (unpaired) electrons. The van der Waals surface area contributed by atoms with Crippen molar-refractivity contribution in [2.75, 3.05) is 39.2 Å². The Morgan fingerprint density at radius 3 is 2.88 bits per heavy atom. The number of para-hydroxylation sites is 1. The van der Waals surface area contributed by atoms with Gasteiger partial charge in [-0.3, -0.25) is 9.69 Å². The van der Waals surface area contributed by atoms with Crippen LogP contribution >= 0.6 is 0 Å². The van der Waals surface area contributed by atoms with Crippen molar-refractivity contribution in [2.24, 2.45) is 0 Å². The lowest BCUT2D eigenvalue weighted by molar-refractivity contribution is 0.0960. The number of hydrogen-bond acceptors (Lipinski definition) is 7. The van der Waals surface area contributed by atoms with Crippen LogP contribution in [0.4, 0.5) is 11.6 Å². The topological polar surface area (TPSA) is 88.6 Å². The molecular weight excluding hydrogens is 417 g/mol. The van der Waals surface area contributed by atoms with E-state index in [4.69, 9.17) is 17.3 Å². The number of carbonyl (C=O) groups is 1. The molecular formula is C24H26BN5O3. The fraction of sp³-hybridized carbons (Fsp3) is 0.292. The van der Waals surface area contributed by atoms with E-state index in [0.29, 0.717) is 17.3 Å². The highest BCUT2D eigenvalue weighted by Gasteiger charge is 2.17. The lowest BCUT2D eigenvalue weighted by atomic mass is 9.99. The molecule has 1 aromatic heterocycles. The molecule has 0 unspecified atom stereocenters. The van der Waals surface area contributed by atoms with Crippen molar-refractivity contribution in [3.63, 3.8) is 0 Å². The highest BCUT2D eigenvalue weighted by atomic mass is 16.5. The number of benzene rings is 2. The molecule has 0 fully saturated rings. The van der Waals surface area contributed by atoms with Gasteiger partial charge >= 0.3 is 0 Å². The minimum absolute atomic E-state index is 0.176. The molecule has 1 aliphatic heterocycles. The predicted molar refractivity (Wildman–Crippen MR) is 128 cm³/mol. The fourth-order valence-electron chi connectivity index (χ4n) is 3.73. The first-order chi connectivity index (χ1) is 16.1. The van der Waals surface area contributed by atoms with Gasteiger partial charge < -0.3 is 20.1 Å². The Bertz CT molecular complexity index is 1140. The van der Waals surface area contributed by atoms with Crippen LogP contribution in [0.3, 0.4) is 0 Å². The molecule has 2 aromatic carbocycles. The van der Waals surface area contributed by atoms with Gasteiger partial charge in [-0.05, 0) is 47.3 Å². The van der Waals surface area contributed by atoms with Crippen LogP contribution in [0.1, 0.15) is 21.5 Å². The van der Waals surface area contributed by atoms with Crippen molar-refractivity contribution >= 4 is 30.9 Å². The molecule has 4 rings (SSSR count). The number of rotatable bonds is 8. The lowest BCUT2D eigenvalue weighted by Crippen LogP contribution is -2.33. The van der Waals surface area contributed by atoms with Crippen molar-refractivity contribution in [2.45, 2.75) is 13.0 Å². The number of fused-ring (bicyclic) bond motifs is 1. The van der Waals surface area contributed by atoms with Crippen LogP contribution in [-0.4, -0.2) is 62.5 Å². The van der Waals surface area contributed by atoms with Gasteiger partial charge in [-0.2, -0.15) is 4.98 Å². The Morgan fingerprint density at radius 1 is 1.21 bits per heavy atom. The monoisotopic (exact) mass is 443 g/mol. The molecule has 0 aliphatic carbocycles. The molecule has 9 heteroatoms. The van der Waals surface area contributed by atoms with E-state index in [9.17, 15) is 4.79 Å². The number of methoxy groups -OCH3 is 1. The van der Waals surface area contributed by atoms with Crippen LogP contribution in [0.2, 0.25) is 0 Å². The Labute approximate surface area is 194 Å². The van der Waals surface area contributed by atoms with Gasteiger partial charge in [0, 0.05) is 45.7 Å². The molecule has 0 saturated heterocycles. The van der Waals surface area contributed by atoms with E-state index in [-0.39, 0.29) is 17.2 Å². The van der Waals surface area contributed by atoms with E-state index in [1.807, 2.05) is 6.07 Å². The Morgan fingerprint density at radius 2 is 2.06 bits per heavy atom. The highest BCUT2D eigenvalue weighted by Crippen LogP contribution is 2.26. The van der Waals surface area contributed by atoms with Gasteiger partial charge in [0.25, 0.3) is 5.91 Å². The van der Waals surface area contributed by atoms with E-state index in [1.54, 1.807) is 38.4 Å². The molecule has 0 saturated carbocycles. The van der Waals surface area contributed by atoms with Crippen molar-refractivity contribution in [3.8, 4) is 11.6 Å². The van der Waals surface area contributed by atoms with Crippen LogP contribution < -0.4 is 20.8 Å². The van der Waals surface area contributed by atoms with E-state index >= 15 is 0 Å². The number of amides is 1. The number of nitrogens with zero attached hydrogens (tertiary/aromatic N) is 3. The first-order valence-electron chi connectivity index (χ1n) is 10.8. The molecule has 2 N–H and O–H groups in total. The predicted octanol–water partition coefficient (Wildman–Crippen LogP) is 2.17. The van der Waals surface area contributed by atoms with Gasteiger partial charge in [0.1, 0.15) is 13.6 Å². The maximum absolute atomic E-state index is 12.1. The standard InChI is InChI=1S/C24H26BN5O3/c1-26-22(31)19-5-3-4-6-21(19)33-23-20(25)14-27-24(29-23)28-18-8-7-17-15-30(11-12-32-2)10-9-16(17)13-18/h3-8,13-14H,9-12,15H2,1-2H3,(H,26,31)(H,27,28,29). The van der Waals surface area contributed by atoms with Crippen molar-refractivity contribution in [3.05, 3.63) is 65.4 Å². The third-order valence-electron chi connectivity index (χ3n) is 5.51. The summed E-state index contributed by atoms with van der Waals surface area (Å²) in [6.45, 7) is 3.59. The van der Waals surface area contributed by atoms with Crippen LogP contribution in [0.5, 0.6) is 11.6 Å². The third-order valence-corrected chi connectivity index (χ3v) is 5.51. The van der Waals surface area contributed by atoms with E-state index in [1.165, 1.54) is 17.3 Å². The number of anilines is 2. The van der Waals surface area contributed by atoms with Crippen LogP contribution in [-0.2, 0) is 17.7 Å². The van der Waals surface area contributed by atoms with Crippen LogP contribution in [0, 0.1) is 0 Å². The van der Waals surface area contributed by atoms with Crippen molar-refractivity contribution in [1.29, 1.82) is 0 Å². The summed E-state index contributed by atoms with van der Waals surface area (Å²) in [6.07, 6.45) is 2.46. The first-order valence-corrected chi connectivity index (χ1v) is 10.8. The second-order valence-corrected chi connectivity index (χ2v) is 7.76. The molecule has 1 aliphatic rings. The molecule has 0 spiro atoms. The normalized spacial score (nSPS) is 13.3. The average molecular weight is 443 g/mol. The summed E-state index contributed by atoms with van der Waals surface area (Å²) in [5.74, 6) is 0.635. The minimum Gasteiger partial charge on any atom is -0.439 e. The van der Waals surface area contributed by atoms with Crippen LogP contribution in [0.15, 0.2) is 48.7 Å². The molecule has 33 heavy (non-hydrogen) atoms. The van der Waals surface area contributed by atoms with Crippen molar-refractivity contribution in [1.82, 2.24) is 20.2 Å². The van der Waals surface area contributed by atoms with Crippen molar-refractivity contribution < 1.29 is 14.3 Å². The van der Waals surface area contributed by atoms with Gasteiger partial charge in [-0.15, -0.1) is 0 Å². The number of carbonyl (C=O) groups excluding carboxylic acids is 1. The fourth-order valence-corrected chi connectivity index (χ4v) is 3.73. The van der Waals surface area contributed by atoms with Gasteiger partial charge in [0.2, 0.25) is 11.8 Å². The second kappa shape index (κ2) is 10.5. The molecule has 8 nitrogen and oxygen atoms in total. The van der Waals surface area contributed by atoms with Crippen LogP contribution in [0.25, 0.3) is 0 Å². The summed E-state index contributed by atoms with van der Waals surface area (Å²) in [7, 11) is 9.33. The molecule has 0 atom stereocenters. The zero-order chi connectivity index (χ0) is 23.2. The largest absolute Gasteiger partial charge is 0.439 e. The summed E-state index contributed by atoms with van der Waals surface area (Å²) in [6, 6.07) is 13.2. The summed E-state index contributed by atoms with van der Waals surface area (Å²) in [5, 5.41) is 5.83. The molecule has 1 amide bonds. The Hall–Kier alpha value is -3.43. The average Bonchev–Trinajstić information content (AvgIpc) is 2.84. The SMILES string of the molecule is [B]c1cnc(Nc2ccc3c(c2)CCN(CCOC)C3)nc1Oc1ccccc1C(=O)NC. The number of ether oxygens (including phenoxy) is 2. The van der Waals surface area contributed by atoms with E-state index in [0.717, 1.165) is 38.3 Å². The summed E-state index contributed by atoms with van der Waals surface area (Å²) >= 11 is 0. The first kappa shape index (κ1) is 22.8. The summed E-state index contributed by atoms with van der Waals surface area (Å²) < 4.78 is 11.1. The van der Waals surface area contributed by atoms with Gasteiger partial charge in [0.15, 0.2) is 0 Å². The van der Waals surface area contributed by atoms with Gasteiger partial charge in [-0.1, -0.05) is 18.2 Å². The van der Waals surface area contributed by atoms with E-state index in [2.05, 4.69) is 37.6 Å². The van der Waals surface area contributed by atoms with Gasteiger partial charge in [-0.25, -0.2) is 4.98 Å². The summed E-state index contributed by atoms with van der Waals surface area (Å²) in [5.41, 5.74) is 4.17. The zero-order valence-corrected chi connectivity index (χ0v) is 18.8. The Balaban J connectivity index is 1.50. The molecule has 3 aromatic rings. The Kier molecular flexibility index (Phi) is 7.21. The zero-order valence-electron chi connectivity index (χ0n) is 18.8. The molecule has 168 valence electrons. The molecule has 2 heterocycles.